The van der Waals surface area contributed by atoms with E-state index >= 15 is 0 Å². The van der Waals surface area contributed by atoms with E-state index in [2.05, 4.69) is 30.6 Å². The fraction of sp³-hybridized carbons (Fsp3) is 1.00. The summed E-state index contributed by atoms with van der Waals surface area (Å²) in [6.45, 7) is 14.9. The van der Waals surface area contributed by atoms with Gasteiger partial charge in [0, 0.05) is 19.6 Å². The van der Waals surface area contributed by atoms with E-state index in [1.807, 2.05) is 0 Å². The van der Waals surface area contributed by atoms with Crippen LogP contribution in [-0.4, -0.2) is 49.1 Å². The molecule has 2 heterocycles. The van der Waals surface area contributed by atoms with Gasteiger partial charge in [-0.3, -0.25) is 0 Å². The molecule has 0 radical (unpaired) electrons. The molecule has 0 aliphatic carbocycles. The number of piperidine rings is 2. The van der Waals surface area contributed by atoms with E-state index in [0.29, 0.717) is 0 Å². The van der Waals surface area contributed by atoms with Gasteiger partial charge in [0.1, 0.15) is 0 Å². The van der Waals surface area contributed by atoms with E-state index in [-0.39, 0.29) is 0 Å². The summed E-state index contributed by atoms with van der Waals surface area (Å²) in [4.78, 5) is 5.34. The zero-order valence-electron chi connectivity index (χ0n) is 11.3. The Morgan fingerprint density at radius 1 is 1.00 bits per heavy atom. The third kappa shape index (κ3) is 2.98. The second kappa shape index (κ2) is 5.50. The molecule has 0 aromatic carbocycles. The van der Waals surface area contributed by atoms with Gasteiger partial charge in [-0.25, -0.2) is 0 Å². The minimum absolute atomic E-state index is 0.822. The Hall–Kier alpha value is -0.0800. The molecule has 2 rings (SSSR count). The first-order valence-corrected chi connectivity index (χ1v) is 7.13. The Morgan fingerprint density at radius 2 is 1.62 bits per heavy atom. The Morgan fingerprint density at radius 3 is 2.25 bits per heavy atom. The van der Waals surface area contributed by atoms with Gasteiger partial charge < -0.3 is 9.80 Å². The van der Waals surface area contributed by atoms with Gasteiger partial charge in [-0.2, -0.15) is 0 Å². The van der Waals surface area contributed by atoms with Crippen molar-refractivity contribution in [1.29, 1.82) is 0 Å². The lowest BCUT2D eigenvalue weighted by molar-refractivity contribution is 0.0396. The second-order valence-corrected chi connectivity index (χ2v) is 6.14. The molecule has 0 saturated carbocycles. The number of fused-ring (bicyclic) bond motifs is 1. The van der Waals surface area contributed by atoms with Gasteiger partial charge in [-0.05, 0) is 50.2 Å². The highest BCUT2D eigenvalue weighted by molar-refractivity contribution is 4.86. The summed E-state index contributed by atoms with van der Waals surface area (Å²) >= 11 is 0. The Kier molecular flexibility index (Phi) is 4.26. The summed E-state index contributed by atoms with van der Waals surface area (Å²) in [6.07, 6.45) is 2.91. The molecule has 2 heteroatoms. The quantitative estimate of drug-likeness (QED) is 0.726. The number of nitrogens with zero attached hydrogens (tertiary/aromatic N) is 2. The molecule has 0 aromatic heterocycles. The zero-order chi connectivity index (χ0) is 11.5. The molecular weight excluding hydrogens is 196 g/mol. The van der Waals surface area contributed by atoms with Gasteiger partial charge in [0.05, 0.1) is 0 Å². The summed E-state index contributed by atoms with van der Waals surface area (Å²) in [5.41, 5.74) is 0. The largest absolute Gasteiger partial charge is 0.303 e. The SMILES string of the molecule is CCN1CCC2CCN(CC(C)C)CC2C1. The maximum atomic E-state index is 2.70. The van der Waals surface area contributed by atoms with E-state index in [0.717, 1.165) is 17.8 Å². The zero-order valence-corrected chi connectivity index (χ0v) is 11.3. The highest BCUT2D eigenvalue weighted by atomic mass is 15.2. The molecule has 2 atom stereocenters. The smallest absolute Gasteiger partial charge is 0.00247 e. The van der Waals surface area contributed by atoms with Crippen molar-refractivity contribution in [2.75, 3.05) is 39.3 Å². The lowest BCUT2D eigenvalue weighted by Crippen LogP contribution is -2.50. The molecule has 2 fully saturated rings. The molecule has 16 heavy (non-hydrogen) atoms. The average molecular weight is 224 g/mol. The predicted molar refractivity (Wildman–Crippen MR) is 69.6 cm³/mol. The van der Waals surface area contributed by atoms with E-state index in [4.69, 9.17) is 0 Å². The van der Waals surface area contributed by atoms with Crippen molar-refractivity contribution in [1.82, 2.24) is 9.80 Å². The highest BCUT2D eigenvalue weighted by Crippen LogP contribution is 2.31. The van der Waals surface area contributed by atoms with Crippen LogP contribution in [0.4, 0.5) is 0 Å². The van der Waals surface area contributed by atoms with Crippen molar-refractivity contribution in [3.63, 3.8) is 0 Å². The molecule has 2 aliphatic heterocycles. The van der Waals surface area contributed by atoms with Crippen LogP contribution in [0.3, 0.4) is 0 Å². The number of hydrogen-bond donors (Lipinski definition) is 0. The third-order valence-electron chi connectivity index (χ3n) is 4.35. The van der Waals surface area contributed by atoms with Gasteiger partial charge in [-0.15, -0.1) is 0 Å². The molecular formula is C14H28N2. The lowest BCUT2D eigenvalue weighted by atomic mass is 9.80. The maximum absolute atomic E-state index is 2.70. The van der Waals surface area contributed by atoms with E-state index in [9.17, 15) is 0 Å². The molecule has 0 amide bonds. The predicted octanol–water partition coefficient (Wildman–Crippen LogP) is 2.31. The van der Waals surface area contributed by atoms with Crippen LogP contribution >= 0.6 is 0 Å². The monoisotopic (exact) mass is 224 g/mol. The van der Waals surface area contributed by atoms with Gasteiger partial charge in [0.15, 0.2) is 0 Å². The van der Waals surface area contributed by atoms with Crippen LogP contribution in [-0.2, 0) is 0 Å². The minimum Gasteiger partial charge on any atom is -0.303 e. The molecule has 94 valence electrons. The van der Waals surface area contributed by atoms with Gasteiger partial charge in [-0.1, -0.05) is 20.8 Å². The molecule has 0 N–H and O–H groups in total. The Labute approximate surface area is 101 Å². The second-order valence-electron chi connectivity index (χ2n) is 6.14. The molecule has 0 spiro atoms. The van der Waals surface area contributed by atoms with Gasteiger partial charge >= 0.3 is 0 Å². The first kappa shape index (κ1) is 12.4. The van der Waals surface area contributed by atoms with Crippen LogP contribution in [0.1, 0.15) is 33.6 Å². The Balaban J connectivity index is 1.85. The molecule has 2 aliphatic rings. The van der Waals surface area contributed by atoms with Crippen LogP contribution in [0.15, 0.2) is 0 Å². The summed E-state index contributed by atoms with van der Waals surface area (Å²) in [6, 6.07) is 0. The molecule has 0 bridgehead atoms. The number of likely N-dealkylation sites (tertiary alicyclic amines) is 2. The average Bonchev–Trinajstić information content (AvgIpc) is 2.27. The molecule has 0 aromatic rings. The summed E-state index contributed by atoms with van der Waals surface area (Å²) in [7, 11) is 0. The summed E-state index contributed by atoms with van der Waals surface area (Å²) in [5.74, 6) is 2.81. The third-order valence-corrected chi connectivity index (χ3v) is 4.35. The van der Waals surface area contributed by atoms with Crippen LogP contribution in [0.5, 0.6) is 0 Å². The number of rotatable bonds is 3. The van der Waals surface area contributed by atoms with Crippen molar-refractivity contribution >= 4 is 0 Å². The summed E-state index contributed by atoms with van der Waals surface area (Å²) in [5, 5.41) is 0. The highest BCUT2D eigenvalue weighted by Gasteiger charge is 2.33. The van der Waals surface area contributed by atoms with Crippen LogP contribution in [0.2, 0.25) is 0 Å². The Bertz CT molecular complexity index is 215. The molecule has 2 nitrogen and oxygen atoms in total. The van der Waals surface area contributed by atoms with Crippen molar-refractivity contribution in [2.24, 2.45) is 17.8 Å². The van der Waals surface area contributed by atoms with Gasteiger partial charge in [0.2, 0.25) is 0 Å². The van der Waals surface area contributed by atoms with Crippen molar-refractivity contribution in [2.45, 2.75) is 33.6 Å². The molecule has 2 saturated heterocycles. The molecule has 2 unspecified atom stereocenters. The summed E-state index contributed by atoms with van der Waals surface area (Å²) < 4.78 is 0. The lowest BCUT2D eigenvalue weighted by Gasteiger charge is -2.45. The standard InChI is InChI=1S/C14H28N2/c1-4-15-7-5-13-6-8-16(9-12(2)3)11-14(13)10-15/h12-14H,4-11H2,1-3H3. The van der Waals surface area contributed by atoms with E-state index in [1.54, 1.807) is 0 Å². The first-order chi connectivity index (χ1) is 7.69. The maximum Gasteiger partial charge on any atom is 0.00247 e. The normalized spacial score (nSPS) is 33.0. The fourth-order valence-electron chi connectivity index (χ4n) is 3.48. The van der Waals surface area contributed by atoms with Crippen molar-refractivity contribution in [3.8, 4) is 0 Å². The van der Waals surface area contributed by atoms with Crippen LogP contribution in [0.25, 0.3) is 0 Å². The first-order valence-electron chi connectivity index (χ1n) is 7.13. The van der Waals surface area contributed by atoms with E-state index < -0.39 is 0 Å². The van der Waals surface area contributed by atoms with E-state index in [1.165, 1.54) is 52.1 Å². The van der Waals surface area contributed by atoms with Crippen LogP contribution in [0, 0.1) is 17.8 Å². The van der Waals surface area contributed by atoms with Gasteiger partial charge in [0.25, 0.3) is 0 Å². The van der Waals surface area contributed by atoms with Crippen molar-refractivity contribution < 1.29 is 0 Å². The topological polar surface area (TPSA) is 6.48 Å². The van der Waals surface area contributed by atoms with Crippen molar-refractivity contribution in [3.05, 3.63) is 0 Å². The number of hydrogen-bond acceptors (Lipinski definition) is 2. The minimum atomic E-state index is 0.822. The fourth-order valence-corrected chi connectivity index (χ4v) is 3.48. The van der Waals surface area contributed by atoms with Crippen LogP contribution < -0.4 is 0 Å².